The van der Waals surface area contributed by atoms with Crippen molar-refractivity contribution in [1.82, 2.24) is 4.84 Å². The van der Waals surface area contributed by atoms with Gasteiger partial charge < -0.3 is 0 Å². The zero-order chi connectivity index (χ0) is 8.97. The summed E-state index contributed by atoms with van der Waals surface area (Å²) in [5.74, 6) is 2.09. The predicted molar refractivity (Wildman–Crippen MR) is 48.1 cm³/mol. The highest BCUT2D eigenvalue weighted by Crippen LogP contribution is 2.22. The molecule has 0 bridgehead atoms. The molecule has 0 aliphatic heterocycles. The molecular weight excluding hydrogens is 177 g/mol. The molecular formula is C9H9ClFN. The van der Waals surface area contributed by atoms with Gasteiger partial charge in [-0.05, 0) is 30.3 Å². The number of rotatable bonds is 2. The van der Waals surface area contributed by atoms with Crippen molar-refractivity contribution in [2.75, 3.05) is 6.54 Å². The van der Waals surface area contributed by atoms with Gasteiger partial charge in [0.2, 0.25) is 0 Å². The lowest BCUT2D eigenvalue weighted by atomic mass is 9.94. The minimum Gasteiger partial charge on any atom is -0.229 e. The van der Waals surface area contributed by atoms with Crippen LogP contribution in [0.5, 0.6) is 0 Å². The van der Waals surface area contributed by atoms with Gasteiger partial charge in [0.1, 0.15) is 5.83 Å². The van der Waals surface area contributed by atoms with Crippen LogP contribution in [-0.2, 0) is 0 Å². The van der Waals surface area contributed by atoms with E-state index < -0.39 is 0 Å². The molecule has 64 valence electrons. The molecule has 0 amide bonds. The molecule has 3 heteroatoms. The normalized spacial score (nSPS) is 22.6. The Labute approximate surface area is 76.4 Å². The molecule has 0 saturated heterocycles. The van der Waals surface area contributed by atoms with E-state index in [-0.39, 0.29) is 11.7 Å². The number of terminal acetylenes is 1. The summed E-state index contributed by atoms with van der Waals surface area (Å²) in [6.45, 7) is 0.473. The average Bonchev–Trinajstić information content (AvgIpc) is 2.04. The Kier molecular flexibility index (Phi) is 3.33. The molecule has 1 unspecified atom stereocenters. The first-order valence-electron chi connectivity index (χ1n) is 3.62. The topological polar surface area (TPSA) is 12.0 Å². The summed E-state index contributed by atoms with van der Waals surface area (Å²) in [6, 6.07) is 0. The van der Waals surface area contributed by atoms with Crippen LogP contribution in [0.15, 0.2) is 23.6 Å². The highest BCUT2D eigenvalue weighted by molar-refractivity contribution is 6.13. The Morgan fingerprint density at radius 2 is 2.58 bits per heavy atom. The van der Waals surface area contributed by atoms with E-state index in [0.717, 1.165) is 5.57 Å². The smallest absolute Gasteiger partial charge is 0.120 e. The minimum atomic E-state index is -0.272. The molecule has 0 aromatic rings. The van der Waals surface area contributed by atoms with Gasteiger partial charge in [-0.3, -0.25) is 0 Å². The number of halogens is 2. The van der Waals surface area contributed by atoms with E-state index in [1.807, 2.05) is 0 Å². The van der Waals surface area contributed by atoms with Crippen molar-refractivity contribution in [2.24, 2.45) is 5.92 Å². The van der Waals surface area contributed by atoms with Gasteiger partial charge >= 0.3 is 0 Å². The average molecular weight is 186 g/mol. The fourth-order valence-electron chi connectivity index (χ4n) is 1.15. The van der Waals surface area contributed by atoms with Crippen LogP contribution in [0, 0.1) is 18.3 Å². The van der Waals surface area contributed by atoms with E-state index in [9.17, 15) is 4.39 Å². The Morgan fingerprint density at radius 1 is 1.83 bits per heavy atom. The molecule has 1 nitrogen and oxygen atoms in total. The van der Waals surface area contributed by atoms with Crippen LogP contribution in [-0.4, -0.2) is 6.54 Å². The molecule has 0 aromatic heterocycles. The van der Waals surface area contributed by atoms with Gasteiger partial charge in [0, 0.05) is 12.5 Å². The SMILES string of the molecule is C#CC1C=C(F)C=C(CNCl)C1. The molecule has 0 heterocycles. The molecule has 1 aliphatic rings. The zero-order valence-electron chi connectivity index (χ0n) is 6.48. The maximum absolute atomic E-state index is 12.8. The van der Waals surface area contributed by atoms with Gasteiger partial charge in [-0.2, -0.15) is 0 Å². The third kappa shape index (κ3) is 2.37. The third-order valence-electron chi connectivity index (χ3n) is 1.69. The van der Waals surface area contributed by atoms with Crippen LogP contribution in [0.2, 0.25) is 0 Å². The summed E-state index contributed by atoms with van der Waals surface area (Å²) in [6.07, 6.45) is 8.77. The minimum absolute atomic E-state index is 0.130. The van der Waals surface area contributed by atoms with Crippen molar-refractivity contribution in [3.63, 3.8) is 0 Å². The van der Waals surface area contributed by atoms with Crippen molar-refractivity contribution in [1.29, 1.82) is 0 Å². The van der Waals surface area contributed by atoms with Gasteiger partial charge in [0.25, 0.3) is 0 Å². The Bertz CT molecular complexity index is 262. The first kappa shape index (κ1) is 9.31. The number of nitrogens with one attached hydrogen (secondary N) is 1. The molecule has 0 aromatic carbocycles. The summed E-state index contributed by atoms with van der Waals surface area (Å²) in [4.78, 5) is 2.44. The van der Waals surface area contributed by atoms with Crippen molar-refractivity contribution in [3.8, 4) is 12.3 Å². The van der Waals surface area contributed by atoms with Gasteiger partial charge in [0.05, 0.1) is 0 Å². The summed E-state index contributed by atoms with van der Waals surface area (Å²) in [5, 5.41) is 0. The lowest BCUT2D eigenvalue weighted by Crippen LogP contribution is -2.10. The summed E-state index contributed by atoms with van der Waals surface area (Å²) >= 11 is 5.29. The molecule has 1 atom stereocenters. The fraction of sp³-hybridized carbons (Fsp3) is 0.333. The van der Waals surface area contributed by atoms with E-state index >= 15 is 0 Å². The van der Waals surface area contributed by atoms with E-state index in [1.54, 1.807) is 0 Å². The van der Waals surface area contributed by atoms with Crippen LogP contribution in [0.3, 0.4) is 0 Å². The van der Waals surface area contributed by atoms with Gasteiger partial charge in [-0.15, -0.1) is 6.42 Å². The predicted octanol–water partition coefficient (Wildman–Crippen LogP) is 2.16. The quantitative estimate of drug-likeness (QED) is 0.514. The Balaban J connectivity index is 2.68. The highest BCUT2D eigenvalue weighted by Gasteiger charge is 2.12. The highest BCUT2D eigenvalue weighted by atomic mass is 35.5. The van der Waals surface area contributed by atoms with Crippen LogP contribution in [0.25, 0.3) is 0 Å². The second-order valence-corrected chi connectivity index (χ2v) is 2.91. The maximum Gasteiger partial charge on any atom is 0.120 e. The van der Waals surface area contributed by atoms with E-state index in [2.05, 4.69) is 10.8 Å². The van der Waals surface area contributed by atoms with Gasteiger partial charge in [0.15, 0.2) is 0 Å². The summed E-state index contributed by atoms with van der Waals surface area (Å²) in [5.41, 5.74) is 0.896. The molecule has 0 spiro atoms. The van der Waals surface area contributed by atoms with Crippen LogP contribution in [0.4, 0.5) is 4.39 Å². The van der Waals surface area contributed by atoms with Crippen molar-refractivity contribution >= 4 is 11.8 Å². The lowest BCUT2D eigenvalue weighted by Gasteiger charge is -2.13. The van der Waals surface area contributed by atoms with Crippen LogP contribution in [0.1, 0.15) is 6.42 Å². The molecule has 1 rings (SSSR count). The Hall–Kier alpha value is -0.780. The first-order chi connectivity index (χ1) is 5.76. The fourth-order valence-corrected chi connectivity index (χ4v) is 1.32. The monoisotopic (exact) mass is 185 g/mol. The molecule has 1 N–H and O–H groups in total. The van der Waals surface area contributed by atoms with E-state index in [0.29, 0.717) is 13.0 Å². The lowest BCUT2D eigenvalue weighted by molar-refractivity contribution is 0.625. The number of allylic oxidation sites excluding steroid dienone is 3. The molecule has 1 aliphatic carbocycles. The van der Waals surface area contributed by atoms with Crippen molar-refractivity contribution in [2.45, 2.75) is 6.42 Å². The molecule has 0 saturated carbocycles. The van der Waals surface area contributed by atoms with Crippen LogP contribution >= 0.6 is 11.8 Å². The maximum atomic E-state index is 12.8. The summed E-state index contributed by atoms with van der Waals surface area (Å²) < 4.78 is 12.8. The zero-order valence-corrected chi connectivity index (χ0v) is 7.24. The molecule has 0 radical (unpaired) electrons. The Morgan fingerprint density at radius 3 is 3.17 bits per heavy atom. The largest absolute Gasteiger partial charge is 0.229 e. The standard InChI is InChI=1S/C9H9ClFN/c1-2-7-3-8(6-12-10)5-9(11)4-7/h1,4-5,7,12H,3,6H2. The number of hydrogen-bond donors (Lipinski definition) is 1. The summed E-state index contributed by atoms with van der Waals surface area (Å²) in [7, 11) is 0. The number of hydrogen-bond acceptors (Lipinski definition) is 1. The van der Waals surface area contributed by atoms with Crippen molar-refractivity contribution in [3.05, 3.63) is 23.6 Å². The second kappa shape index (κ2) is 4.30. The molecule has 0 fully saturated rings. The van der Waals surface area contributed by atoms with E-state index in [4.69, 9.17) is 18.2 Å². The first-order valence-corrected chi connectivity index (χ1v) is 4.00. The van der Waals surface area contributed by atoms with Crippen molar-refractivity contribution < 1.29 is 4.39 Å². The van der Waals surface area contributed by atoms with Crippen LogP contribution < -0.4 is 4.84 Å². The third-order valence-corrected chi connectivity index (χ3v) is 1.83. The van der Waals surface area contributed by atoms with E-state index in [1.165, 1.54) is 12.2 Å². The van der Waals surface area contributed by atoms with Gasteiger partial charge in [-0.1, -0.05) is 11.5 Å². The molecule has 12 heavy (non-hydrogen) atoms. The van der Waals surface area contributed by atoms with Gasteiger partial charge in [-0.25, -0.2) is 9.23 Å². The second-order valence-electron chi connectivity index (χ2n) is 2.64.